The van der Waals surface area contributed by atoms with Crippen LogP contribution in [0.25, 0.3) is 0 Å². The smallest absolute Gasteiger partial charge is 0.230 e. The molecule has 6 nitrogen and oxygen atoms in total. The van der Waals surface area contributed by atoms with E-state index in [1.165, 1.54) is 24.0 Å². The molecule has 40 heavy (non-hydrogen) atoms. The third-order valence-corrected chi connectivity index (χ3v) is 9.24. The highest BCUT2D eigenvalue weighted by Crippen LogP contribution is 2.30. The quantitative estimate of drug-likeness (QED) is 0.303. The van der Waals surface area contributed by atoms with Crippen molar-refractivity contribution in [3.8, 4) is 0 Å². The first-order chi connectivity index (χ1) is 19.4. The number of hydrogen-bond acceptors (Lipinski definition) is 5. The molecule has 0 spiro atoms. The van der Waals surface area contributed by atoms with Crippen LogP contribution in [0.5, 0.6) is 0 Å². The van der Waals surface area contributed by atoms with Gasteiger partial charge in [0, 0.05) is 31.3 Å². The standard InChI is InChI=1S/C32H46Cl2N4O2/c1-36-17-12-28(13-18-36)32(40)38(29-8-9-30(33)31(34)23-29)16-3-15-37-19-10-26(11-20-37)22-25-4-6-27(7-5-25)24-35-14-2-21-39/h4-9,23,26,28,35,39H,2-3,10-22,24H2,1H3. The normalized spacial score (nSPS) is 17.8. The van der Waals surface area contributed by atoms with Gasteiger partial charge in [0.15, 0.2) is 0 Å². The number of rotatable bonds is 13. The molecule has 0 saturated carbocycles. The zero-order valence-electron chi connectivity index (χ0n) is 24.0. The predicted molar refractivity (Wildman–Crippen MR) is 166 cm³/mol. The van der Waals surface area contributed by atoms with Gasteiger partial charge < -0.3 is 25.1 Å². The maximum Gasteiger partial charge on any atom is 0.230 e. The zero-order valence-corrected chi connectivity index (χ0v) is 25.5. The Balaban J connectivity index is 1.23. The summed E-state index contributed by atoms with van der Waals surface area (Å²) in [6.07, 6.45) is 7.13. The van der Waals surface area contributed by atoms with Gasteiger partial charge in [0.25, 0.3) is 0 Å². The van der Waals surface area contributed by atoms with E-state index < -0.39 is 0 Å². The number of amides is 1. The Kier molecular flexibility index (Phi) is 12.6. The summed E-state index contributed by atoms with van der Waals surface area (Å²) in [6, 6.07) is 14.5. The molecule has 0 atom stereocenters. The number of nitrogens with one attached hydrogen (secondary N) is 1. The van der Waals surface area contributed by atoms with E-state index in [1.54, 1.807) is 6.07 Å². The van der Waals surface area contributed by atoms with Crippen LogP contribution < -0.4 is 10.2 Å². The predicted octanol–water partition coefficient (Wildman–Crippen LogP) is 5.49. The lowest BCUT2D eigenvalue weighted by Crippen LogP contribution is -2.43. The van der Waals surface area contributed by atoms with Crippen molar-refractivity contribution in [2.24, 2.45) is 11.8 Å². The van der Waals surface area contributed by atoms with Gasteiger partial charge in [-0.2, -0.15) is 0 Å². The van der Waals surface area contributed by atoms with Crippen LogP contribution in [0.15, 0.2) is 42.5 Å². The Morgan fingerprint density at radius 2 is 1.65 bits per heavy atom. The van der Waals surface area contributed by atoms with E-state index >= 15 is 0 Å². The molecule has 0 unspecified atom stereocenters. The summed E-state index contributed by atoms with van der Waals surface area (Å²) in [6.45, 7) is 7.80. The van der Waals surface area contributed by atoms with Gasteiger partial charge in [-0.25, -0.2) is 0 Å². The SMILES string of the molecule is CN1CCC(C(=O)N(CCCN2CCC(Cc3ccc(CNCCCO)cc3)CC2)c2ccc(Cl)c(Cl)c2)CC1. The van der Waals surface area contributed by atoms with Crippen LogP contribution in [0, 0.1) is 11.8 Å². The lowest BCUT2D eigenvalue weighted by atomic mass is 9.90. The van der Waals surface area contributed by atoms with Gasteiger partial charge in [-0.05, 0) is 127 Å². The fourth-order valence-corrected chi connectivity index (χ4v) is 6.22. The van der Waals surface area contributed by atoms with E-state index in [0.717, 1.165) is 89.5 Å². The topological polar surface area (TPSA) is 59.1 Å². The lowest BCUT2D eigenvalue weighted by Gasteiger charge is -2.34. The molecule has 0 radical (unpaired) electrons. The summed E-state index contributed by atoms with van der Waals surface area (Å²) in [5.41, 5.74) is 3.56. The van der Waals surface area contributed by atoms with Gasteiger partial charge in [0.1, 0.15) is 0 Å². The number of nitrogens with zero attached hydrogens (tertiary/aromatic N) is 3. The second-order valence-electron chi connectivity index (χ2n) is 11.6. The van der Waals surface area contributed by atoms with E-state index in [2.05, 4.69) is 46.4 Å². The maximum atomic E-state index is 13.6. The number of likely N-dealkylation sites (tertiary alicyclic amines) is 2. The van der Waals surface area contributed by atoms with Crippen molar-refractivity contribution in [3.63, 3.8) is 0 Å². The molecule has 4 rings (SSSR count). The number of aliphatic hydroxyl groups excluding tert-OH is 1. The summed E-state index contributed by atoms with van der Waals surface area (Å²) < 4.78 is 0. The van der Waals surface area contributed by atoms with E-state index in [1.807, 2.05) is 17.0 Å². The number of carbonyl (C=O) groups is 1. The summed E-state index contributed by atoms with van der Waals surface area (Å²) >= 11 is 12.5. The first kappa shape index (κ1) is 31.3. The second kappa shape index (κ2) is 16.1. The van der Waals surface area contributed by atoms with E-state index in [-0.39, 0.29) is 18.4 Å². The fraction of sp³-hybridized carbons (Fsp3) is 0.594. The first-order valence-corrected chi connectivity index (χ1v) is 15.7. The highest BCUT2D eigenvalue weighted by molar-refractivity contribution is 6.42. The average Bonchev–Trinajstić information content (AvgIpc) is 2.97. The zero-order chi connectivity index (χ0) is 28.3. The first-order valence-electron chi connectivity index (χ1n) is 15.0. The monoisotopic (exact) mass is 588 g/mol. The Bertz CT molecular complexity index is 1050. The molecule has 220 valence electrons. The van der Waals surface area contributed by atoms with E-state index in [9.17, 15) is 4.79 Å². The molecular formula is C32H46Cl2N4O2. The molecule has 2 aliphatic rings. The Morgan fingerprint density at radius 3 is 2.33 bits per heavy atom. The lowest BCUT2D eigenvalue weighted by molar-refractivity contribution is -0.123. The Labute approximate surface area is 250 Å². The molecule has 2 N–H and O–H groups in total. The molecule has 2 aromatic rings. The molecule has 1 amide bonds. The Hall–Kier alpha value is -1.67. The van der Waals surface area contributed by atoms with Crippen molar-refractivity contribution >= 4 is 34.8 Å². The number of hydrogen-bond donors (Lipinski definition) is 2. The molecule has 2 saturated heterocycles. The summed E-state index contributed by atoms with van der Waals surface area (Å²) in [5, 5.41) is 13.3. The average molecular weight is 590 g/mol. The molecule has 2 aliphatic heterocycles. The van der Waals surface area contributed by atoms with Gasteiger partial charge >= 0.3 is 0 Å². The molecule has 0 bridgehead atoms. The number of carbonyl (C=O) groups excluding carboxylic acids is 1. The number of anilines is 1. The third-order valence-electron chi connectivity index (χ3n) is 8.50. The third kappa shape index (κ3) is 9.43. The van der Waals surface area contributed by atoms with Gasteiger partial charge in [-0.3, -0.25) is 4.79 Å². The van der Waals surface area contributed by atoms with Gasteiger partial charge in [-0.15, -0.1) is 0 Å². The van der Waals surface area contributed by atoms with E-state index in [4.69, 9.17) is 28.3 Å². The number of piperidine rings is 2. The summed E-state index contributed by atoms with van der Waals surface area (Å²) in [4.78, 5) is 20.4. The highest BCUT2D eigenvalue weighted by Gasteiger charge is 2.29. The second-order valence-corrected chi connectivity index (χ2v) is 12.4. The van der Waals surface area contributed by atoms with Crippen molar-refractivity contribution in [2.75, 3.05) is 64.4 Å². The van der Waals surface area contributed by atoms with Crippen LogP contribution in [-0.4, -0.2) is 80.3 Å². The molecule has 2 aromatic carbocycles. The van der Waals surface area contributed by atoms with Gasteiger partial charge in [0.05, 0.1) is 10.0 Å². The largest absolute Gasteiger partial charge is 0.396 e. The molecule has 2 heterocycles. The summed E-state index contributed by atoms with van der Waals surface area (Å²) in [7, 11) is 2.12. The van der Waals surface area contributed by atoms with Crippen molar-refractivity contribution in [3.05, 3.63) is 63.6 Å². The van der Waals surface area contributed by atoms with Crippen LogP contribution in [0.3, 0.4) is 0 Å². The van der Waals surface area contributed by atoms with Crippen molar-refractivity contribution < 1.29 is 9.90 Å². The van der Waals surface area contributed by atoms with Crippen molar-refractivity contribution in [2.45, 2.75) is 51.5 Å². The summed E-state index contributed by atoms with van der Waals surface area (Å²) in [5.74, 6) is 1.01. The molecule has 0 aromatic heterocycles. The Morgan fingerprint density at radius 1 is 0.950 bits per heavy atom. The van der Waals surface area contributed by atoms with Crippen LogP contribution in [0.2, 0.25) is 10.0 Å². The minimum absolute atomic E-state index is 0.0676. The van der Waals surface area contributed by atoms with Crippen LogP contribution in [0.4, 0.5) is 5.69 Å². The van der Waals surface area contributed by atoms with Gasteiger partial charge in [0.2, 0.25) is 5.91 Å². The number of halogens is 2. The van der Waals surface area contributed by atoms with Crippen LogP contribution >= 0.6 is 23.2 Å². The molecule has 0 aliphatic carbocycles. The van der Waals surface area contributed by atoms with Gasteiger partial charge in [-0.1, -0.05) is 47.5 Å². The number of benzene rings is 2. The van der Waals surface area contributed by atoms with Crippen molar-refractivity contribution in [1.29, 1.82) is 0 Å². The van der Waals surface area contributed by atoms with Crippen molar-refractivity contribution in [1.82, 2.24) is 15.1 Å². The van der Waals surface area contributed by atoms with E-state index in [0.29, 0.717) is 16.6 Å². The van der Waals surface area contributed by atoms with Crippen LogP contribution in [0.1, 0.15) is 49.7 Å². The minimum Gasteiger partial charge on any atom is -0.396 e. The molecule has 2 fully saturated rings. The highest BCUT2D eigenvalue weighted by atomic mass is 35.5. The fourth-order valence-electron chi connectivity index (χ4n) is 5.93. The maximum absolute atomic E-state index is 13.6. The minimum atomic E-state index is 0.0676. The molecular weight excluding hydrogens is 543 g/mol. The molecule has 8 heteroatoms. The number of aliphatic hydroxyl groups is 1. The van der Waals surface area contributed by atoms with Crippen LogP contribution in [-0.2, 0) is 17.8 Å².